The van der Waals surface area contributed by atoms with Crippen molar-refractivity contribution in [2.24, 2.45) is 0 Å². The number of hydrogen-bond acceptors (Lipinski definition) is 4. The maximum absolute atomic E-state index is 11.8. The lowest BCUT2D eigenvalue weighted by molar-refractivity contribution is -0.126. The van der Waals surface area contributed by atoms with Crippen molar-refractivity contribution in [3.05, 3.63) is 18.5 Å². The van der Waals surface area contributed by atoms with Crippen LogP contribution in [0.1, 0.15) is 13.8 Å². The highest BCUT2D eigenvalue weighted by Crippen LogP contribution is 2.26. The van der Waals surface area contributed by atoms with Crippen molar-refractivity contribution in [2.45, 2.75) is 19.4 Å². The zero-order chi connectivity index (χ0) is 11.8. The summed E-state index contributed by atoms with van der Waals surface area (Å²) in [7, 11) is 0. The number of anilines is 2. The minimum absolute atomic E-state index is 0.0289. The summed E-state index contributed by atoms with van der Waals surface area (Å²) in [5, 5.41) is 2.85. The number of pyridine rings is 1. The standard InChI is InChI=1S/C11H16N4O/c1-11(2)10(16)14-3-4-15(11)9-5-8(12)6-13-7-9/h5-7H,3-4,12H2,1-2H3,(H,14,16). The van der Waals surface area contributed by atoms with Gasteiger partial charge in [-0.1, -0.05) is 0 Å². The van der Waals surface area contributed by atoms with Crippen LogP contribution in [0.25, 0.3) is 0 Å². The second-order valence-corrected chi connectivity index (χ2v) is 4.44. The van der Waals surface area contributed by atoms with Crippen LogP contribution in [0.15, 0.2) is 18.5 Å². The van der Waals surface area contributed by atoms with Gasteiger partial charge in [-0.15, -0.1) is 0 Å². The predicted molar refractivity (Wildman–Crippen MR) is 63.1 cm³/mol. The molecule has 86 valence electrons. The van der Waals surface area contributed by atoms with Crippen molar-refractivity contribution in [3.8, 4) is 0 Å². The fraction of sp³-hybridized carbons (Fsp3) is 0.455. The Morgan fingerprint density at radius 3 is 2.94 bits per heavy atom. The molecule has 0 bridgehead atoms. The van der Waals surface area contributed by atoms with Gasteiger partial charge in [0.1, 0.15) is 5.54 Å². The number of nitrogens with one attached hydrogen (secondary N) is 1. The molecule has 0 aromatic carbocycles. The number of aromatic nitrogens is 1. The van der Waals surface area contributed by atoms with Crippen LogP contribution >= 0.6 is 0 Å². The topological polar surface area (TPSA) is 71.2 Å². The quantitative estimate of drug-likeness (QED) is 0.717. The monoisotopic (exact) mass is 220 g/mol. The minimum atomic E-state index is -0.562. The van der Waals surface area contributed by atoms with Gasteiger partial charge in [-0.3, -0.25) is 9.78 Å². The molecule has 0 saturated carbocycles. The van der Waals surface area contributed by atoms with E-state index in [1.807, 2.05) is 24.8 Å². The lowest BCUT2D eigenvalue weighted by Gasteiger charge is -2.42. The number of rotatable bonds is 1. The van der Waals surface area contributed by atoms with Gasteiger partial charge in [0.15, 0.2) is 0 Å². The van der Waals surface area contributed by atoms with Crippen LogP contribution in [-0.2, 0) is 4.79 Å². The summed E-state index contributed by atoms with van der Waals surface area (Å²) in [6, 6.07) is 1.84. The zero-order valence-corrected chi connectivity index (χ0v) is 9.53. The predicted octanol–water partition coefficient (Wildman–Crippen LogP) is 0.379. The first-order chi connectivity index (χ1) is 7.51. The van der Waals surface area contributed by atoms with Crippen molar-refractivity contribution in [3.63, 3.8) is 0 Å². The Morgan fingerprint density at radius 2 is 2.25 bits per heavy atom. The van der Waals surface area contributed by atoms with E-state index in [4.69, 9.17) is 5.73 Å². The van der Waals surface area contributed by atoms with E-state index >= 15 is 0 Å². The molecule has 1 aromatic rings. The Morgan fingerprint density at radius 1 is 1.50 bits per heavy atom. The molecule has 0 spiro atoms. The molecule has 0 aliphatic carbocycles. The molecule has 2 heterocycles. The van der Waals surface area contributed by atoms with E-state index < -0.39 is 5.54 Å². The number of hydrogen-bond donors (Lipinski definition) is 2. The molecule has 2 rings (SSSR count). The number of carbonyl (C=O) groups is 1. The number of piperazine rings is 1. The Balaban J connectivity index is 2.36. The highest BCUT2D eigenvalue weighted by Gasteiger charge is 2.37. The molecule has 3 N–H and O–H groups in total. The van der Waals surface area contributed by atoms with E-state index in [2.05, 4.69) is 10.3 Å². The summed E-state index contributed by atoms with van der Waals surface area (Å²) < 4.78 is 0. The molecular formula is C11H16N4O. The maximum atomic E-state index is 11.8. The van der Waals surface area contributed by atoms with Crippen LogP contribution in [0.4, 0.5) is 11.4 Å². The highest BCUT2D eigenvalue weighted by atomic mass is 16.2. The smallest absolute Gasteiger partial charge is 0.245 e. The zero-order valence-electron chi connectivity index (χ0n) is 9.53. The van der Waals surface area contributed by atoms with E-state index in [1.165, 1.54) is 0 Å². The van der Waals surface area contributed by atoms with Crippen molar-refractivity contribution < 1.29 is 4.79 Å². The van der Waals surface area contributed by atoms with Crippen LogP contribution in [0.3, 0.4) is 0 Å². The Labute approximate surface area is 94.6 Å². The Hall–Kier alpha value is -1.78. The highest BCUT2D eigenvalue weighted by molar-refractivity contribution is 5.90. The molecule has 0 atom stereocenters. The van der Waals surface area contributed by atoms with Gasteiger partial charge >= 0.3 is 0 Å². The van der Waals surface area contributed by atoms with Gasteiger partial charge in [-0.25, -0.2) is 0 Å². The first kappa shape index (κ1) is 10.7. The summed E-state index contributed by atoms with van der Waals surface area (Å²) >= 11 is 0. The first-order valence-electron chi connectivity index (χ1n) is 5.28. The molecule has 5 nitrogen and oxygen atoms in total. The van der Waals surface area contributed by atoms with Gasteiger partial charge in [-0.2, -0.15) is 0 Å². The molecule has 1 fully saturated rings. The summed E-state index contributed by atoms with van der Waals surface area (Å²) in [4.78, 5) is 17.9. The second-order valence-electron chi connectivity index (χ2n) is 4.44. The molecule has 1 aliphatic rings. The molecular weight excluding hydrogens is 204 g/mol. The maximum Gasteiger partial charge on any atom is 0.245 e. The van der Waals surface area contributed by atoms with Gasteiger partial charge in [-0.05, 0) is 19.9 Å². The van der Waals surface area contributed by atoms with E-state index in [1.54, 1.807) is 12.4 Å². The molecule has 1 saturated heterocycles. The van der Waals surface area contributed by atoms with Crippen LogP contribution in [-0.4, -0.2) is 29.5 Å². The van der Waals surface area contributed by atoms with E-state index in [-0.39, 0.29) is 5.91 Å². The first-order valence-corrected chi connectivity index (χ1v) is 5.28. The second kappa shape index (κ2) is 3.66. The normalized spacial score (nSPS) is 19.4. The minimum Gasteiger partial charge on any atom is -0.397 e. The molecule has 5 heteroatoms. The van der Waals surface area contributed by atoms with Gasteiger partial charge < -0.3 is 16.0 Å². The summed E-state index contributed by atoms with van der Waals surface area (Å²) in [5.41, 5.74) is 6.64. The third kappa shape index (κ3) is 1.68. The van der Waals surface area contributed by atoms with Crippen molar-refractivity contribution in [1.29, 1.82) is 0 Å². The van der Waals surface area contributed by atoms with Gasteiger partial charge in [0.2, 0.25) is 5.91 Å². The average Bonchev–Trinajstić information content (AvgIpc) is 2.22. The lowest BCUT2D eigenvalue weighted by atomic mass is 9.98. The van der Waals surface area contributed by atoms with Crippen molar-refractivity contribution >= 4 is 17.3 Å². The number of nitrogens with two attached hydrogens (primary N) is 1. The van der Waals surface area contributed by atoms with Crippen LogP contribution in [0.2, 0.25) is 0 Å². The summed E-state index contributed by atoms with van der Waals surface area (Å²) in [6.45, 7) is 5.20. The fourth-order valence-corrected chi connectivity index (χ4v) is 1.94. The summed E-state index contributed by atoms with van der Waals surface area (Å²) in [5.74, 6) is 0.0289. The Kier molecular flexibility index (Phi) is 2.46. The number of carbonyl (C=O) groups excluding carboxylic acids is 1. The van der Waals surface area contributed by atoms with Gasteiger partial charge in [0.25, 0.3) is 0 Å². The third-order valence-corrected chi connectivity index (χ3v) is 2.91. The average molecular weight is 220 g/mol. The van der Waals surface area contributed by atoms with E-state index in [0.29, 0.717) is 12.2 Å². The van der Waals surface area contributed by atoms with Crippen molar-refractivity contribution in [2.75, 3.05) is 23.7 Å². The third-order valence-electron chi connectivity index (χ3n) is 2.91. The molecule has 0 radical (unpaired) electrons. The Bertz CT molecular complexity index is 416. The molecule has 1 aromatic heterocycles. The molecule has 0 unspecified atom stereocenters. The number of nitrogen functional groups attached to an aromatic ring is 1. The molecule has 1 aliphatic heterocycles. The van der Waals surface area contributed by atoms with Crippen LogP contribution < -0.4 is 16.0 Å². The van der Waals surface area contributed by atoms with Crippen LogP contribution in [0.5, 0.6) is 0 Å². The number of nitrogens with zero attached hydrogens (tertiary/aromatic N) is 2. The van der Waals surface area contributed by atoms with Crippen molar-refractivity contribution in [1.82, 2.24) is 10.3 Å². The SMILES string of the molecule is CC1(C)C(=O)NCCN1c1cncc(N)c1. The van der Waals surface area contributed by atoms with Crippen LogP contribution in [0, 0.1) is 0 Å². The lowest BCUT2D eigenvalue weighted by Crippen LogP contribution is -2.62. The van der Waals surface area contributed by atoms with Gasteiger partial charge in [0, 0.05) is 19.3 Å². The molecule has 1 amide bonds. The fourth-order valence-electron chi connectivity index (χ4n) is 1.94. The summed E-state index contributed by atoms with van der Waals surface area (Å²) in [6.07, 6.45) is 3.33. The number of amides is 1. The van der Waals surface area contributed by atoms with E-state index in [9.17, 15) is 4.79 Å². The van der Waals surface area contributed by atoms with E-state index in [0.717, 1.165) is 12.2 Å². The van der Waals surface area contributed by atoms with Gasteiger partial charge in [0.05, 0.1) is 17.6 Å². The largest absolute Gasteiger partial charge is 0.397 e. The molecule has 16 heavy (non-hydrogen) atoms.